The lowest BCUT2D eigenvalue weighted by molar-refractivity contribution is 0.0697. The molecule has 0 aromatic heterocycles. The third kappa shape index (κ3) is 2.33. The number of carboxylic acid groups (broad SMARTS) is 1. The first-order valence-electron chi connectivity index (χ1n) is 4.74. The quantitative estimate of drug-likeness (QED) is 0.766. The van der Waals surface area contributed by atoms with Gasteiger partial charge in [0.1, 0.15) is 0 Å². The average Bonchev–Trinajstić information content (AvgIpc) is 2.18. The summed E-state index contributed by atoms with van der Waals surface area (Å²) in [6.45, 7) is 2.49. The Labute approximate surface area is 83.6 Å². The van der Waals surface area contributed by atoms with Crippen LogP contribution in [0.4, 0.5) is 0 Å². The van der Waals surface area contributed by atoms with E-state index < -0.39 is 5.97 Å². The molecule has 0 amide bonds. The van der Waals surface area contributed by atoms with E-state index in [2.05, 4.69) is 6.92 Å². The summed E-state index contributed by atoms with van der Waals surface area (Å²) in [5.74, 6) is -0.900. The van der Waals surface area contributed by atoms with Gasteiger partial charge in [0.05, 0.1) is 5.56 Å². The minimum absolute atomic E-state index is 0.310. The Morgan fingerprint density at radius 3 is 2.64 bits per heavy atom. The molecule has 1 aromatic rings. The van der Waals surface area contributed by atoms with E-state index in [1.165, 1.54) is 0 Å². The van der Waals surface area contributed by atoms with Crippen molar-refractivity contribution in [2.75, 3.05) is 0 Å². The maximum absolute atomic E-state index is 10.7. The fraction of sp³-hybridized carbons (Fsp3) is 0.364. The van der Waals surface area contributed by atoms with Crippen LogP contribution in [0.2, 0.25) is 0 Å². The average molecular weight is 193 g/mol. The molecule has 0 bridgehead atoms. The summed E-state index contributed by atoms with van der Waals surface area (Å²) in [6.07, 6.45) is 1.99. The van der Waals surface area contributed by atoms with E-state index in [-0.39, 0.29) is 0 Å². The van der Waals surface area contributed by atoms with Gasteiger partial charge in [-0.2, -0.15) is 0 Å². The molecule has 1 rings (SSSR count). The number of aryl methyl sites for hydroxylation is 1. The van der Waals surface area contributed by atoms with E-state index >= 15 is 0 Å². The molecular formula is C11H15NO2. The highest BCUT2D eigenvalue weighted by molar-refractivity contribution is 5.87. The number of rotatable bonds is 4. The molecule has 0 saturated carbocycles. The molecular weight excluding hydrogens is 178 g/mol. The molecule has 0 aliphatic rings. The van der Waals surface area contributed by atoms with Gasteiger partial charge >= 0.3 is 5.97 Å². The molecule has 3 heteroatoms. The zero-order valence-electron chi connectivity index (χ0n) is 8.29. The Balaban J connectivity index is 3.04. The second-order valence-corrected chi connectivity index (χ2v) is 3.24. The summed E-state index contributed by atoms with van der Waals surface area (Å²) in [4.78, 5) is 10.7. The molecule has 0 saturated heterocycles. The number of hydrogen-bond donors (Lipinski definition) is 2. The van der Waals surface area contributed by atoms with E-state index in [0.29, 0.717) is 12.1 Å². The zero-order valence-corrected chi connectivity index (χ0v) is 8.29. The van der Waals surface area contributed by atoms with Gasteiger partial charge in [-0.15, -0.1) is 0 Å². The van der Waals surface area contributed by atoms with E-state index in [1.807, 2.05) is 6.07 Å². The van der Waals surface area contributed by atoms with Gasteiger partial charge in [0, 0.05) is 6.54 Å². The standard InChI is InChI=1S/C11H15NO2/c1-2-3-8-4-5-9(11(13)14)6-10(8)7-12/h4-6H,2-3,7,12H2,1H3,(H,13,14). The topological polar surface area (TPSA) is 63.3 Å². The summed E-state index contributed by atoms with van der Waals surface area (Å²) in [5.41, 5.74) is 7.96. The fourth-order valence-corrected chi connectivity index (χ4v) is 1.46. The highest BCUT2D eigenvalue weighted by atomic mass is 16.4. The summed E-state index contributed by atoms with van der Waals surface area (Å²) < 4.78 is 0. The smallest absolute Gasteiger partial charge is 0.335 e. The second kappa shape index (κ2) is 4.77. The molecule has 0 fully saturated rings. The Morgan fingerprint density at radius 1 is 1.43 bits per heavy atom. The molecule has 0 spiro atoms. The van der Waals surface area contributed by atoms with Crippen LogP contribution in [-0.4, -0.2) is 11.1 Å². The number of carboxylic acids is 1. The zero-order chi connectivity index (χ0) is 10.6. The van der Waals surface area contributed by atoms with Crippen LogP contribution in [-0.2, 0) is 13.0 Å². The minimum atomic E-state index is -0.900. The molecule has 1 aromatic carbocycles. The fourth-order valence-electron chi connectivity index (χ4n) is 1.46. The van der Waals surface area contributed by atoms with E-state index in [0.717, 1.165) is 24.0 Å². The number of carbonyl (C=O) groups is 1. The number of nitrogens with two attached hydrogens (primary N) is 1. The summed E-state index contributed by atoms with van der Waals surface area (Å²) in [7, 11) is 0. The molecule has 0 heterocycles. The molecule has 0 aliphatic carbocycles. The van der Waals surface area contributed by atoms with Gasteiger partial charge in [-0.1, -0.05) is 19.4 Å². The van der Waals surface area contributed by atoms with E-state index in [9.17, 15) is 4.79 Å². The van der Waals surface area contributed by atoms with Crippen molar-refractivity contribution in [3.8, 4) is 0 Å². The van der Waals surface area contributed by atoms with Crippen LogP contribution in [0.5, 0.6) is 0 Å². The molecule has 0 atom stereocenters. The SMILES string of the molecule is CCCc1ccc(C(=O)O)cc1CN. The van der Waals surface area contributed by atoms with Crippen molar-refractivity contribution in [1.29, 1.82) is 0 Å². The van der Waals surface area contributed by atoms with Crippen molar-refractivity contribution in [2.45, 2.75) is 26.3 Å². The van der Waals surface area contributed by atoms with Crippen LogP contribution in [0.1, 0.15) is 34.8 Å². The Hall–Kier alpha value is -1.35. The first kappa shape index (κ1) is 10.7. The van der Waals surface area contributed by atoms with Crippen molar-refractivity contribution >= 4 is 5.97 Å². The van der Waals surface area contributed by atoms with Crippen molar-refractivity contribution in [3.63, 3.8) is 0 Å². The minimum Gasteiger partial charge on any atom is -0.478 e. The lowest BCUT2D eigenvalue weighted by Gasteiger charge is -2.07. The van der Waals surface area contributed by atoms with Crippen LogP contribution in [0.3, 0.4) is 0 Å². The Morgan fingerprint density at radius 2 is 2.14 bits per heavy atom. The highest BCUT2D eigenvalue weighted by Crippen LogP contribution is 2.13. The lowest BCUT2D eigenvalue weighted by atomic mass is 10.0. The predicted octanol–water partition coefficient (Wildman–Crippen LogP) is 1.80. The van der Waals surface area contributed by atoms with Crippen LogP contribution >= 0.6 is 0 Å². The van der Waals surface area contributed by atoms with Gasteiger partial charge < -0.3 is 10.8 Å². The first-order chi connectivity index (χ1) is 6.69. The van der Waals surface area contributed by atoms with Crippen LogP contribution < -0.4 is 5.73 Å². The maximum atomic E-state index is 10.7. The van der Waals surface area contributed by atoms with Gasteiger partial charge in [0.25, 0.3) is 0 Å². The number of benzene rings is 1. The van der Waals surface area contributed by atoms with Crippen LogP contribution in [0, 0.1) is 0 Å². The highest BCUT2D eigenvalue weighted by Gasteiger charge is 2.06. The second-order valence-electron chi connectivity index (χ2n) is 3.24. The summed E-state index contributed by atoms with van der Waals surface area (Å²) in [5, 5.41) is 8.78. The van der Waals surface area contributed by atoms with Gasteiger partial charge in [-0.25, -0.2) is 4.79 Å². The van der Waals surface area contributed by atoms with Gasteiger partial charge in [0.2, 0.25) is 0 Å². The van der Waals surface area contributed by atoms with Crippen molar-refractivity contribution in [1.82, 2.24) is 0 Å². The molecule has 76 valence electrons. The van der Waals surface area contributed by atoms with Crippen LogP contribution in [0.15, 0.2) is 18.2 Å². The molecule has 0 aliphatic heterocycles. The van der Waals surface area contributed by atoms with Gasteiger partial charge in [-0.3, -0.25) is 0 Å². The normalized spacial score (nSPS) is 10.1. The Kier molecular flexibility index (Phi) is 3.65. The molecule has 0 radical (unpaired) electrons. The first-order valence-corrected chi connectivity index (χ1v) is 4.74. The van der Waals surface area contributed by atoms with Gasteiger partial charge in [0.15, 0.2) is 0 Å². The third-order valence-electron chi connectivity index (χ3n) is 2.19. The molecule has 14 heavy (non-hydrogen) atoms. The van der Waals surface area contributed by atoms with Crippen molar-refractivity contribution < 1.29 is 9.90 Å². The van der Waals surface area contributed by atoms with E-state index in [1.54, 1.807) is 12.1 Å². The third-order valence-corrected chi connectivity index (χ3v) is 2.19. The molecule has 3 N–H and O–H groups in total. The number of hydrogen-bond acceptors (Lipinski definition) is 2. The monoisotopic (exact) mass is 193 g/mol. The van der Waals surface area contributed by atoms with Crippen molar-refractivity contribution in [3.05, 3.63) is 34.9 Å². The van der Waals surface area contributed by atoms with Crippen LogP contribution in [0.25, 0.3) is 0 Å². The lowest BCUT2D eigenvalue weighted by Crippen LogP contribution is -2.05. The molecule has 3 nitrogen and oxygen atoms in total. The van der Waals surface area contributed by atoms with Crippen molar-refractivity contribution in [2.24, 2.45) is 5.73 Å². The van der Waals surface area contributed by atoms with E-state index in [4.69, 9.17) is 10.8 Å². The van der Waals surface area contributed by atoms with Gasteiger partial charge in [-0.05, 0) is 29.7 Å². The Bertz CT molecular complexity index is 334. The summed E-state index contributed by atoms with van der Waals surface area (Å²) in [6, 6.07) is 5.15. The predicted molar refractivity (Wildman–Crippen MR) is 55.3 cm³/mol. The maximum Gasteiger partial charge on any atom is 0.335 e. The largest absolute Gasteiger partial charge is 0.478 e. The molecule has 0 unspecified atom stereocenters. The summed E-state index contributed by atoms with van der Waals surface area (Å²) >= 11 is 0. The number of aromatic carboxylic acids is 1.